The molecule has 5 nitrogen and oxygen atoms in total. The third kappa shape index (κ3) is 2.92. The molecule has 2 aromatic rings. The summed E-state index contributed by atoms with van der Waals surface area (Å²) in [5.74, 6) is 7.57. The molecular formula is C11H12N2O3S. The van der Waals surface area contributed by atoms with Gasteiger partial charge >= 0.3 is 0 Å². The van der Waals surface area contributed by atoms with E-state index < -0.39 is 0 Å². The first-order valence-electron chi connectivity index (χ1n) is 4.98. The van der Waals surface area contributed by atoms with Crippen molar-refractivity contribution in [2.45, 2.75) is 11.5 Å². The number of hydrazine groups is 1. The number of carbonyl (C=O) groups is 1. The number of thioether (sulfide) groups is 1. The molecule has 2 aromatic heterocycles. The summed E-state index contributed by atoms with van der Waals surface area (Å²) < 4.78 is 10.4. The lowest BCUT2D eigenvalue weighted by Gasteiger charge is -2.00. The highest BCUT2D eigenvalue weighted by Crippen LogP contribution is 2.21. The fraction of sp³-hybridized carbons (Fsp3) is 0.182. The Morgan fingerprint density at radius 3 is 2.88 bits per heavy atom. The summed E-state index contributed by atoms with van der Waals surface area (Å²) in [7, 11) is 0. The highest BCUT2D eigenvalue weighted by Gasteiger charge is 2.13. The van der Waals surface area contributed by atoms with Crippen molar-refractivity contribution in [1.82, 2.24) is 5.43 Å². The predicted molar refractivity (Wildman–Crippen MR) is 64.1 cm³/mol. The standard InChI is InChI=1S/C11H12N2O3S/c12-13-11(14)9-3-5-16-10(9)7-17-6-8-2-1-4-15-8/h1-5H,6-7,12H2,(H,13,14). The monoisotopic (exact) mass is 252 g/mol. The quantitative estimate of drug-likeness (QED) is 0.482. The van der Waals surface area contributed by atoms with Gasteiger partial charge in [-0.15, -0.1) is 11.8 Å². The van der Waals surface area contributed by atoms with Crippen molar-refractivity contribution in [3.05, 3.63) is 47.8 Å². The lowest BCUT2D eigenvalue weighted by atomic mass is 10.2. The van der Waals surface area contributed by atoms with E-state index >= 15 is 0 Å². The van der Waals surface area contributed by atoms with E-state index in [2.05, 4.69) is 5.43 Å². The minimum atomic E-state index is -0.340. The average molecular weight is 252 g/mol. The molecular weight excluding hydrogens is 240 g/mol. The summed E-state index contributed by atoms with van der Waals surface area (Å²) in [5.41, 5.74) is 2.56. The first-order chi connectivity index (χ1) is 8.31. The molecule has 1 amide bonds. The molecule has 0 fully saturated rings. The van der Waals surface area contributed by atoms with Gasteiger partial charge in [0.25, 0.3) is 5.91 Å². The number of hydrogen-bond acceptors (Lipinski definition) is 5. The van der Waals surface area contributed by atoms with Crippen molar-refractivity contribution in [3.63, 3.8) is 0 Å². The second-order valence-electron chi connectivity index (χ2n) is 3.30. The zero-order valence-electron chi connectivity index (χ0n) is 9.01. The second-order valence-corrected chi connectivity index (χ2v) is 4.29. The van der Waals surface area contributed by atoms with Crippen molar-refractivity contribution < 1.29 is 13.6 Å². The molecule has 0 saturated carbocycles. The second kappa shape index (κ2) is 5.60. The molecule has 0 aromatic carbocycles. The van der Waals surface area contributed by atoms with Gasteiger partial charge in [0.1, 0.15) is 11.5 Å². The van der Waals surface area contributed by atoms with Gasteiger partial charge in [0.2, 0.25) is 0 Å². The van der Waals surface area contributed by atoms with E-state index in [9.17, 15) is 4.79 Å². The highest BCUT2D eigenvalue weighted by atomic mass is 32.2. The molecule has 0 radical (unpaired) electrons. The van der Waals surface area contributed by atoms with Crippen LogP contribution in [0.3, 0.4) is 0 Å². The van der Waals surface area contributed by atoms with Crippen LogP contribution in [0, 0.1) is 0 Å². The smallest absolute Gasteiger partial charge is 0.268 e. The fourth-order valence-corrected chi connectivity index (χ4v) is 2.25. The van der Waals surface area contributed by atoms with E-state index in [1.165, 1.54) is 6.26 Å². The number of hydrogen-bond donors (Lipinski definition) is 2. The molecule has 90 valence electrons. The molecule has 0 spiro atoms. The molecule has 0 aliphatic rings. The van der Waals surface area contributed by atoms with Gasteiger partial charge in [-0.2, -0.15) is 0 Å². The Morgan fingerprint density at radius 1 is 1.29 bits per heavy atom. The summed E-state index contributed by atoms with van der Waals surface area (Å²) in [6.07, 6.45) is 3.11. The SMILES string of the molecule is NNC(=O)c1ccoc1CSCc1ccco1. The summed E-state index contributed by atoms with van der Waals surface area (Å²) >= 11 is 1.60. The Hall–Kier alpha value is -1.66. The predicted octanol–water partition coefficient (Wildman–Crippen LogP) is 1.91. The van der Waals surface area contributed by atoms with Crippen LogP contribution in [0.2, 0.25) is 0 Å². The minimum absolute atomic E-state index is 0.340. The van der Waals surface area contributed by atoms with Crippen molar-refractivity contribution in [2.24, 2.45) is 5.84 Å². The van der Waals surface area contributed by atoms with Crippen LogP contribution in [0.5, 0.6) is 0 Å². The summed E-state index contributed by atoms with van der Waals surface area (Å²) in [6.45, 7) is 0. The van der Waals surface area contributed by atoms with E-state index in [1.807, 2.05) is 12.1 Å². The van der Waals surface area contributed by atoms with Gasteiger partial charge in [-0.05, 0) is 18.2 Å². The number of nitrogen functional groups attached to an aromatic ring is 1. The van der Waals surface area contributed by atoms with Gasteiger partial charge in [0, 0.05) is 0 Å². The molecule has 0 saturated heterocycles. The van der Waals surface area contributed by atoms with Crippen LogP contribution < -0.4 is 11.3 Å². The van der Waals surface area contributed by atoms with E-state index in [1.54, 1.807) is 24.1 Å². The van der Waals surface area contributed by atoms with E-state index in [4.69, 9.17) is 14.7 Å². The van der Waals surface area contributed by atoms with Gasteiger partial charge in [-0.1, -0.05) is 0 Å². The van der Waals surface area contributed by atoms with E-state index in [0.717, 1.165) is 11.5 Å². The van der Waals surface area contributed by atoms with Gasteiger partial charge in [-0.3, -0.25) is 10.2 Å². The van der Waals surface area contributed by atoms with Crippen molar-refractivity contribution in [2.75, 3.05) is 0 Å². The molecule has 0 unspecified atom stereocenters. The van der Waals surface area contributed by atoms with Gasteiger partial charge < -0.3 is 8.83 Å². The molecule has 0 aliphatic carbocycles. The largest absolute Gasteiger partial charge is 0.468 e. The van der Waals surface area contributed by atoms with Crippen LogP contribution >= 0.6 is 11.8 Å². The summed E-state index contributed by atoms with van der Waals surface area (Å²) in [5, 5.41) is 0. The number of amides is 1. The maximum Gasteiger partial charge on any atom is 0.268 e. The first kappa shape index (κ1) is 11.8. The van der Waals surface area contributed by atoms with Gasteiger partial charge in [-0.25, -0.2) is 5.84 Å². The molecule has 0 bridgehead atoms. The molecule has 2 heterocycles. The van der Waals surface area contributed by atoms with Gasteiger partial charge in [0.15, 0.2) is 0 Å². The van der Waals surface area contributed by atoms with Crippen molar-refractivity contribution >= 4 is 17.7 Å². The molecule has 3 N–H and O–H groups in total. The maximum absolute atomic E-state index is 11.4. The normalized spacial score (nSPS) is 10.4. The van der Waals surface area contributed by atoms with E-state index in [-0.39, 0.29) is 5.91 Å². The zero-order chi connectivity index (χ0) is 12.1. The number of rotatable bonds is 5. The van der Waals surface area contributed by atoms with Crippen LogP contribution in [0.4, 0.5) is 0 Å². The third-order valence-electron chi connectivity index (χ3n) is 2.18. The first-order valence-corrected chi connectivity index (χ1v) is 6.14. The average Bonchev–Trinajstić information content (AvgIpc) is 2.99. The van der Waals surface area contributed by atoms with Crippen LogP contribution in [-0.2, 0) is 11.5 Å². The lowest BCUT2D eigenvalue weighted by Crippen LogP contribution is -2.30. The van der Waals surface area contributed by atoms with E-state index in [0.29, 0.717) is 17.1 Å². The zero-order valence-corrected chi connectivity index (χ0v) is 9.83. The highest BCUT2D eigenvalue weighted by molar-refractivity contribution is 7.97. The number of furan rings is 2. The Labute approximate surface area is 102 Å². The Morgan fingerprint density at radius 2 is 2.18 bits per heavy atom. The Kier molecular flexibility index (Phi) is 3.89. The molecule has 17 heavy (non-hydrogen) atoms. The molecule has 2 rings (SSSR count). The van der Waals surface area contributed by atoms with Gasteiger partial charge in [0.05, 0.1) is 29.6 Å². The van der Waals surface area contributed by atoms with Crippen LogP contribution in [0.1, 0.15) is 21.9 Å². The fourth-order valence-electron chi connectivity index (χ4n) is 1.37. The molecule has 6 heteroatoms. The van der Waals surface area contributed by atoms with Crippen LogP contribution in [0.25, 0.3) is 0 Å². The summed E-state index contributed by atoms with van der Waals surface area (Å²) in [4.78, 5) is 11.4. The van der Waals surface area contributed by atoms with Crippen LogP contribution in [-0.4, -0.2) is 5.91 Å². The third-order valence-corrected chi connectivity index (χ3v) is 3.13. The Bertz CT molecular complexity index is 479. The Balaban J connectivity index is 1.91. The molecule has 0 atom stereocenters. The van der Waals surface area contributed by atoms with Crippen molar-refractivity contribution in [3.8, 4) is 0 Å². The topological polar surface area (TPSA) is 81.4 Å². The maximum atomic E-state index is 11.4. The number of carbonyl (C=O) groups excluding carboxylic acids is 1. The number of nitrogens with one attached hydrogen (secondary N) is 1. The summed E-state index contributed by atoms with van der Waals surface area (Å²) in [6, 6.07) is 5.35. The number of nitrogens with two attached hydrogens (primary N) is 1. The lowest BCUT2D eigenvalue weighted by molar-refractivity contribution is 0.0952. The molecule has 0 aliphatic heterocycles. The van der Waals surface area contributed by atoms with Crippen LogP contribution in [0.15, 0.2) is 39.6 Å². The minimum Gasteiger partial charge on any atom is -0.468 e. The van der Waals surface area contributed by atoms with Crippen molar-refractivity contribution in [1.29, 1.82) is 0 Å².